The lowest BCUT2D eigenvalue weighted by atomic mass is 9.96. The maximum atomic E-state index is 11.7. The van der Waals surface area contributed by atoms with Crippen LogP contribution in [-0.2, 0) is 17.9 Å². The molecule has 0 bridgehead atoms. The molecule has 3 N–H and O–H groups in total. The number of hydrogen-bond acceptors (Lipinski definition) is 8. The third kappa shape index (κ3) is 7.58. The number of rotatable bonds is 13. The Hall–Kier alpha value is -3.50. The van der Waals surface area contributed by atoms with E-state index < -0.39 is 18.1 Å². The lowest BCUT2D eigenvalue weighted by Gasteiger charge is -2.27. The van der Waals surface area contributed by atoms with E-state index in [1.807, 2.05) is 30.3 Å². The number of aliphatic carboxylic acids is 1. The second-order valence-electron chi connectivity index (χ2n) is 11.5. The molecule has 0 spiro atoms. The van der Waals surface area contributed by atoms with Crippen molar-refractivity contribution < 1.29 is 34.0 Å². The van der Waals surface area contributed by atoms with Crippen LogP contribution in [0.25, 0.3) is 11.1 Å². The maximum absolute atomic E-state index is 11.7. The Morgan fingerprint density at radius 2 is 1.77 bits per heavy atom. The summed E-state index contributed by atoms with van der Waals surface area (Å²) in [7, 11) is 0. The molecule has 1 fully saturated rings. The molecule has 10 heteroatoms. The number of nitrogens with one attached hydrogen (secondary N) is 1. The quantitative estimate of drug-likeness (QED) is 0.228. The second kappa shape index (κ2) is 14.5. The number of ether oxygens (including phenoxy) is 4. The van der Waals surface area contributed by atoms with E-state index in [9.17, 15) is 15.0 Å². The standard InChI is InChI=1S/C34H41ClN2O7/c1-23-25(7-6-8-27(23)24-9-10-29-32(18-24)43-16-15-42-29)21-44-31-19-30(41-14-13-37-11-4-3-5-12-37)26(17-28(31)35)20-36-34(2,22-38)33(39)40/h6-10,17-19,36,38H,3-5,11-16,20-22H2,1-2H3,(H,39,40)/t34-/m1/s1. The van der Waals surface area contributed by atoms with Gasteiger partial charge in [-0.3, -0.25) is 15.0 Å². The summed E-state index contributed by atoms with van der Waals surface area (Å²) in [5, 5.41) is 22.6. The molecule has 1 saturated heterocycles. The number of carbonyl (C=O) groups is 1. The summed E-state index contributed by atoms with van der Waals surface area (Å²) < 4.78 is 24.0. The van der Waals surface area contributed by atoms with Gasteiger partial charge in [0.15, 0.2) is 11.5 Å². The average Bonchev–Trinajstić information content (AvgIpc) is 3.04. The van der Waals surface area contributed by atoms with E-state index in [-0.39, 0.29) is 13.2 Å². The van der Waals surface area contributed by atoms with Crippen molar-refractivity contribution in [1.29, 1.82) is 0 Å². The van der Waals surface area contributed by atoms with Gasteiger partial charge < -0.3 is 29.2 Å². The molecule has 0 aromatic heterocycles. The molecule has 1 atom stereocenters. The molecular weight excluding hydrogens is 584 g/mol. The highest BCUT2D eigenvalue weighted by molar-refractivity contribution is 6.32. The van der Waals surface area contributed by atoms with Crippen LogP contribution in [0.15, 0.2) is 48.5 Å². The molecular formula is C34H41ClN2O7. The van der Waals surface area contributed by atoms with Crippen LogP contribution in [-0.4, -0.2) is 72.7 Å². The van der Waals surface area contributed by atoms with E-state index in [1.165, 1.54) is 26.2 Å². The van der Waals surface area contributed by atoms with Gasteiger partial charge in [-0.05, 0) is 80.2 Å². The lowest BCUT2D eigenvalue weighted by Crippen LogP contribution is -2.52. The molecule has 0 unspecified atom stereocenters. The molecule has 5 rings (SSSR count). The first-order valence-electron chi connectivity index (χ1n) is 15.2. The Labute approximate surface area is 263 Å². The minimum absolute atomic E-state index is 0.138. The molecule has 2 aliphatic rings. The highest BCUT2D eigenvalue weighted by atomic mass is 35.5. The first-order valence-corrected chi connectivity index (χ1v) is 15.5. The zero-order valence-electron chi connectivity index (χ0n) is 25.4. The number of benzene rings is 3. The van der Waals surface area contributed by atoms with E-state index in [1.54, 1.807) is 12.1 Å². The van der Waals surface area contributed by atoms with Crippen molar-refractivity contribution >= 4 is 17.6 Å². The fourth-order valence-electron chi connectivity index (χ4n) is 5.44. The van der Waals surface area contributed by atoms with Crippen LogP contribution in [0.3, 0.4) is 0 Å². The van der Waals surface area contributed by atoms with Crippen molar-refractivity contribution in [1.82, 2.24) is 10.2 Å². The third-order valence-corrected chi connectivity index (χ3v) is 8.66. The smallest absolute Gasteiger partial charge is 0.326 e. The van der Waals surface area contributed by atoms with Crippen molar-refractivity contribution in [2.45, 2.75) is 51.8 Å². The van der Waals surface area contributed by atoms with Gasteiger partial charge in [-0.25, -0.2) is 0 Å². The molecule has 3 aromatic rings. The summed E-state index contributed by atoms with van der Waals surface area (Å²) >= 11 is 6.70. The summed E-state index contributed by atoms with van der Waals surface area (Å²) in [5.41, 5.74) is 3.36. The predicted molar refractivity (Wildman–Crippen MR) is 169 cm³/mol. The fraction of sp³-hybridized carbons (Fsp3) is 0.441. The topological polar surface area (TPSA) is 110 Å². The van der Waals surface area contributed by atoms with Gasteiger partial charge in [0.25, 0.3) is 0 Å². The SMILES string of the molecule is Cc1c(COc2cc(OCCN3CCCCC3)c(CN[C@](C)(CO)C(=O)O)cc2Cl)cccc1-c1ccc2c(c1)OCCO2. The first-order chi connectivity index (χ1) is 21.3. The molecule has 0 saturated carbocycles. The van der Waals surface area contributed by atoms with Crippen LogP contribution in [0, 0.1) is 6.92 Å². The van der Waals surface area contributed by atoms with E-state index in [2.05, 4.69) is 23.2 Å². The molecule has 3 aromatic carbocycles. The van der Waals surface area contributed by atoms with Crippen molar-refractivity contribution in [3.8, 4) is 34.1 Å². The Morgan fingerprint density at radius 3 is 2.52 bits per heavy atom. The van der Waals surface area contributed by atoms with Gasteiger partial charge in [0, 0.05) is 24.7 Å². The van der Waals surface area contributed by atoms with E-state index in [0.717, 1.165) is 53.4 Å². The van der Waals surface area contributed by atoms with E-state index in [0.29, 0.717) is 41.9 Å². The van der Waals surface area contributed by atoms with Gasteiger partial charge in [0.2, 0.25) is 0 Å². The number of halogens is 1. The van der Waals surface area contributed by atoms with E-state index in [4.69, 9.17) is 30.5 Å². The van der Waals surface area contributed by atoms with Crippen LogP contribution in [0.4, 0.5) is 0 Å². The number of piperidine rings is 1. The summed E-state index contributed by atoms with van der Waals surface area (Å²) in [5.74, 6) is 1.37. The number of likely N-dealkylation sites (tertiary alicyclic amines) is 1. The third-order valence-electron chi connectivity index (χ3n) is 8.37. The molecule has 44 heavy (non-hydrogen) atoms. The minimum atomic E-state index is -1.51. The largest absolute Gasteiger partial charge is 0.492 e. The maximum Gasteiger partial charge on any atom is 0.326 e. The van der Waals surface area contributed by atoms with Gasteiger partial charge in [0.05, 0.1) is 11.6 Å². The number of hydrogen-bond donors (Lipinski definition) is 3. The lowest BCUT2D eigenvalue weighted by molar-refractivity contribution is -0.145. The number of carboxylic acid groups (broad SMARTS) is 1. The molecule has 2 heterocycles. The number of aliphatic hydroxyl groups is 1. The Bertz CT molecular complexity index is 1460. The highest BCUT2D eigenvalue weighted by Gasteiger charge is 2.32. The molecule has 9 nitrogen and oxygen atoms in total. The first kappa shape index (κ1) is 31.9. The van der Waals surface area contributed by atoms with Crippen LogP contribution in [0.5, 0.6) is 23.0 Å². The van der Waals surface area contributed by atoms with Crippen molar-refractivity contribution in [2.24, 2.45) is 0 Å². The second-order valence-corrected chi connectivity index (χ2v) is 11.9. The number of carboxylic acids is 1. The Kier molecular flexibility index (Phi) is 10.5. The summed E-state index contributed by atoms with van der Waals surface area (Å²) in [6.45, 7) is 7.83. The Morgan fingerprint density at radius 1 is 1.00 bits per heavy atom. The molecule has 0 aliphatic carbocycles. The van der Waals surface area contributed by atoms with Crippen LogP contribution >= 0.6 is 11.6 Å². The monoisotopic (exact) mass is 624 g/mol. The fourth-order valence-corrected chi connectivity index (χ4v) is 5.68. The van der Waals surface area contributed by atoms with Crippen molar-refractivity contribution in [3.05, 3.63) is 70.2 Å². The van der Waals surface area contributed by atoms with Crippen molar-refractivity contribution in [3.63, 3.8) is 0 Å². The van der Waals surface area contributed by atoms with Gasteiger partial charge in [-0.2, -0.15) is 0 Å². The molecule has 2 aliphatic heterocycles. The minimum Gasteiger partial charge on any atom is -0.492 e. The normalized spacial score (nSPS) is 16.3. The van der Waals surface area contributed by atoms with Crippen molar-refractivity contribution in [2.75, 3.05) is 46.1 Å². The van der Waals surface area contributed by atoms with Crippen LogP contribution in [0.1, 0.15) is 42.9 Å². The zero-order chi connectivity index (χ0) is 31.1. The predicted octanol–water partition coefficient (Wildman–Crippen LogP) is 5.46. The Balaban J connectivity index is 1.33. The highest BCUT2D eigenvalue weighted by Crippen LogP contribution is 2.37. The summed E-state index contributed by atoms with van der Waals surface area (Å²) in [6, 6.07) is 15.6. The van der Waals surface area contributed by atoms with Gasteiger partial charge >= 0.3 is 5.97 Å². The molecule has 236 valence electrons. The molecule has 0 amide bonds. The number of aliphatic hydroxyl groups excluding tert-OH is 1. The van der Waals surface area contributed by atoms with Gasteiger partial charge in [0.1, 0.15) is 43.5 Å². The van der Waals surface area contributed by atoms with Gasteiger partial charge in [-0.1, -0.05) is 42.3 Å². The number of nitrogens with zero attached hydrogens (tertiary/aromatic N) is 1. The van der Waals surface area contributed by atoms with Crippen LogP contribution < -0.4 is 24.3 Å². The number of fused-ring (bicyclic) bond motifs is 1. The zero-order valence-corrected chi connectivity index (χ0v) is 26.1. The van der Waals surface area contributed by atoms with E-state index >= 15 is 0 Å². The summed E-state index contributed by atoms with van der Waals surface area (Å²) in [4.78, 5) is 14.1. The van der Waals surface area contributed by atoms with Crippen LogP contribution in [0.2, 0.25) is 5.02 Å². The molecule has 0 radical (unpaired) electrons. The van der Waals surface area contributed by atoms with Gasteiger partial charge in [-0.15, -0.1) is 0 Å². The summed E-state index contributed by atoms with van der Waals surface area (Å²) in [6.07, 6.45) is 3.65. The average molecular weight is 625 g/mol.